The van der Waals surface area contributed by atoms with E-state index < -0.39 is 0 Å². The Kier molecular flexibility index (Phi) is 5.13. The average molecular weight is 415 g/mol. The molecule has 3 heterocycles. The summed E-state index contributed by atoms with van der Waals surface area (Å²) in [6.45, 7) is 1.55. The topological polar surface area (TPSA) is 72.3 Å². The Morgan fingerprint density at radius 1 is 1.10 bits per heavy atom. The van der Waals surface area contributed by atoms with Gasteiger partial charge in [-0.3, -0.25) is 19.3 Å². The van der Waals surface area contributed by atoms with Crippen LogP contribution in [0, 0.1) is 0 Å². The monoisotopic (exact) mass is 415 g/mol. The van der Waals surface area contributed by atoms with Crippen LogP contribution >= 0.6 is 0 Å². The highest BCUT2D eigenvalue weighted by Crippen LogP contribution is 2.23. The minimum absolute atomic E-state index is 0.0185. The number of hydroxylamine groups is 2. The number of fused-ring (bicyclic) bond motifs is 2. The summed E-state index contributed by atoms with van der Waals surface area (Å²) in [6.07, 6.45) is 7.64. The Hall–Kier alpha value is -3.29. The summed E-state index contributed by atoms with van der Waals surface area (Å²) in [5.74, 6) is 0. The third kappa shape index (κ3) is 3.89. The van der Waals surface area contributed by atoms with Gasteiger partial charge >= 0.3 is 0 Å². The van der Waals surface area contributed by atoms with Crippen molar-refractivity contribution in [3.8, 4) is 11.1 Å². The van der Waals surface area contributed by atoms with Gasteiger partial charge in [0, 0.05) is 60.6 Å². The lowest BCUT2D eigenvalue weighted by Gasteiger charge is -2.31. The number of pyridine rings is 1. The molecule has 1 saturated heterocycles. The van der Waals surface area contributed by atoms with E-state index in [-0.39, 0.29) is 5.43 Å². The van der Waals surface area contributed by atoms with Crippen LogP contribution in [0.2, 0.25) is 0 Å². The zero-order valence-corrected chi connectivity index (χ0v) is 17.7. The maximum Gasteiger partial charge on any atom is 0.195 e. The molecule has 4 aromatic rings. The van der Waals surface area contributed by atoms with Crippen LogP contribution in [0.3, 0.4) is 0 Å². The van der Waals surface area contributed by atoms with E-state index in [0.717, 1.165) is 48.2 Å². The predicted molar refractivity (Wildman–Crippen MR) is 123 cm³/mol. The molecular weight excluding hydrogens is 390 g/mol. The van der Waals surface area contributed by atoms with E-state index >= 15 is 0 Å². The van der Waals surface area contributed by atoms with Crippen molar-refractivity contribution in [2.24, 2.45) is 7.05 Å². The van der Waals surface area contributed by atoms with Gasteiger partial charge in [0.25, 0.3) is 0 Å². The number of anilines is 1. The third-order valence-corrected chi connectivity index (χ3v) is 5.95. The van der Waals surface area contributed by atoms with E-state index in [9.17, 15) is 4.79 Å². The van der Waals surface area contributed by atoms with Crippen molar-refractivity contribution in [1.82, 2.24) is 19.8 Å². The van der Waals surface area contributed by atoms with E-state index in [1.54, 1.807) is 17.1 Å². The predicted octanol–water partition coefficient (Wildman–Crippen LogP) is 3.59. The highest BCUT2D eigenvalue weighted by molar-refractivity contribution is 5.94. The molecule has 31 heavy (non-hydrogen) atoms. The van der Waals surface area contributed by atoms with Crippen molar-refractivity contribution < 1.29 is 4.84 Å². The zero-order valence-electron chi connectivity index (χ0n) is 17.7. The van der Waals surface area contributed by atoms with Gasteiger partial charge in [-0.05, 0) is 42.5 Å². The van der Waals surface area contributed by atoms with Crippen molar-refractivity contribution in [1.29, 1.82) is 0 Å². The molecule has 0 bridgehead atoms. The van der Waals surface area contributed by atoms with Gasteiger partial charge in [-0.1, -0.05) is 12.1 Å². The van der Waals surface area contributed by atoms with Crippen LogP contribution in [0.15, 0.2) is 59.8 Å². The summed E-state index contributed by atoms with van der Waals surface area (Å²) in [4.78, 5) is 23.6. The van der Waals surface area contributed by atoms with Crippen LogP contribution < -0.4 is 10.7 Å². The van der Waals surface area contributed by atoms with Gasteiger partial charge in [0.2, 0.25) is 0 Å². The molecule has 0 saturated carbocycles. The molecule has 2 aromatic carbocycles. The number of benzene rings is 1. The smallest absolute Gasteiger partial charge is 0.195 e. The molecule has 1 aliphatic rings. The fraction of sp³-hybridized carbons (Fsp3) is 0.292. The SMILES string of the molecule is CN1OCCCC1CNc1ccc2ccc3ncc(-c4cnn(C)c4)cc3c(=O)c2c1. The Labute approximate surface area is 180 Å². The molecular formula is C24H25N5O2. The van der Waals surface area contributed by atoms with Crippen LogP contribution in [0.5, 0.6) is 0 Å². The van der Waals surface area contributed by atoms with E-state index in [1.807, 2.05) is 61.8 Å². The molecule has 7 heteroatoms. The van der Waals surface area contributed by atoms with Crippen LogP contribution in [0.25, 0.3) is 32.8 Å². The van der Waals surface area contributed by atoms with E-state index in [4.69, 9.17) is 4.84 Å². The van der Waals surface area contributed by atoms with E-state index in [1.165, 1.54) is 0 Å². The largest absolute Gasteiger partial charge is 0.383 e. The summed E-state index contributed by atoms with van der Waals surface area (Å²) in [7, 11) is 3.84. The number of aromatic nitrogens is 3. The number of rotatable bonds is 4. The minimum Gasteiger partial charge on any atom is -0.383 e. The molecule has 7 nitrogen and oxygen atoms in total. The summed E-state index contributed by atoms with van der Waals surface area (Å²) in [6, 6.07) is 12.0. The summed E-state index contributed by atoms with van der Waals surface area (Å²) >= 11 is 0. The molecule has 0 radical (unpaired) electrons. The summed E-state index contributed by atoms with van der Waals surface area (Å²) in [5, 5.41) is 11.8. The first-order valence-corrected chi connectivity index (χ1v) is 10.5. The number of hydrogen-bond acceptors (Lipinski definition) is 6. The van der Waals surface area contributed by atoms with Crippen molar-refractivity contribution in [2.75, 3.05) is 25.5 Å². The van der Waals surface area contributed by atoms with Gasteiger partial charge in [0.15, 0.2) is 5.43 Å². The molecule has 0 aliphatic carbocycles. The van der Waals surface area contributed by atoms with Crippen LogP contribution in [-0.4, -0.2) is 46.1 Å². The maximum atomic E-state index is 13.5. The van der Waals surface area contributed by atoms with Crippen molar-refractivity contribution in [3.63, 3.8) is 0 Å². The Balaban J connectivity index is 1.54. The van der Waals surface area contributed by atoms with Crippen molar-refractivity contribution in [2.45, 2.75) is 18.9 Å². The molecule has 2 aromatic heterocycles. The molecule has 0 amide bonds. The summed E-state index contributed by atoms with van der Waals surface area (Å²) in [5.41, 5.74) is 3.42. The average Bonchev–Trinajstić information content (AvgIpc) is 3.17. The Bertz CT molecular complexity index is 1320. The highest BCUT2D eigenvalue weighted by atomic mass is 16.7. The lowest BCUT2D eigenvalue weighted by atomic mass is 10.1. The van der Waals surface area contributed by atoms with Gasteiger partial charge in [-0.2, -0.15) is 10.2 Å². The third-order valence-electron chi connectivity index (χ3n) is 5.95. The lowest BCUT2D eigenvalue weighted by molar-refractivity contribution is -0.189. The molecule has 1 atom stereocenters. The van der Waals surface area contributed by atoms with Gasteiger partial charge in [0.05, 0.1) is 24.4 Å². The minimum atomic E-state index is -0.0185. The normalized spacial score (nSPS) is 17.3. The van der Waals surface area contributed by atoms with Crippen LogP contribution in [-0.2, 0) is 11.9 Å². The second-order valence-corrected chi connectivity index (χ2v) is 8.08. The standard InChI is InChI=1S/C24H25N5O2/c1-28-15-18(13-27-28)17-10-22-23(26-12-17)8-6-16-5-7-19(11-21(16)24(22)30)25-14-20-4-3-9-31-29(20)2/h5-8,10-13,15,20,25H,3-4,9,14H2,1-2H3. The molecule has 1 aliphatic heterocycles. The molecule has 158 valence electrons. The quantitative estimate of drug-likeness (QED) is 0.549. The number of hydrogen-bond donors (Lipinski definition) is 1. The van der Waals surface area contributed by atoms with E-state index in [2.05, 4.69) is 15.4 Å². The molecule has 0 spiro atoms. The zero-order chi connectivity index (χ0) is 21.4. The van der Waals surface area contributed by atoms with Crippen LogP contribution in [0.4, 0.5) is 5.69 Å². The first-order valence-electron chi connectivity index (χ1n) is 10.5. The molecule has 1 unspecified atom stereocenters. The fourth-order valence-electron chi connectivity index (χ4n) is 4.12. The van der Waals surface area contributed by atoms with Gasteiger partial charge < -0.3 is 5.32 Å². The Morgan fingerprint density at radius 3 is 2.77 bits per heavy atom. The number of nitrogens with one attached hydrogen (secondary N) is 1. The maximum absolute atomic E-state index is 13.5. The summed E-state index contributed by atoms with van der Waals surface area (Å²) < 4.78 is 1.74. The fourth-order valence-corrected chi connectivity index (χ4v) is 4.12. The molecule has 1 fully saturated rings. The molecule has 5 rings (SSSR count). The van der Waals surface area contributed by atoms with Gasteiger partial charge in [-0.15, -0.1) is 0 Å². The van der Waals surface area contributed by atoms with E-state index in [0.29, 0.717) is 22.3 Å². The first kappa shape index (κ1) is 19.7. The number of likely N-dealkylation sites (N-methyl/N-ethyl adjacent to an activating group) is 1. The second kappa shape index (κ2) is 8.09. The highest BCUT2D eigenvalue weighted by Gasteiger charge is 2.19. The van der Waals surface area contributed by atoms with Gasteiger partial charge in [0.1, 0.15) is 0 Å². The van der Waals surface area contributed by atoms with Gasteiger partial charge in [-0.25, -0.2) is 0 Å². The van der Waals surface area contributed by atoms with Crippen molar-refractivity contribution in [3.05, 3.63) is 65.2 Å². The number of nitrogens with zero attached hydrogens (tertiary/aromatic N) is 4. The lowest BCUT2D eigenvalue weighted by Crippen LogP contribution is -2.41. The van der Waals surface area contributed by atoms with Crippen molar-refractivity contribution >= 4 is 27.4 Å². The van der Waals surface area contributed by atoms with Crippen LogP contribution in [0.1, 0.15) is 12.8 Å². The first-order chi connectivity index (χ1) is 15.1. The Morgan fingerprint density at radius 2 is 1.97 bits per heavy atom. The molecule has 1 N–H and O–H groups in total. The number of aryl methyl sites for hydroxylation is 1. The second-order valence-electron chi connectivity index (χ2n) is 8.08.